The Kier molecular flexibility index (Phi) is 6.10. The van der Waals surface area contributed by atoms with E-state index in [-0.39, 0.29) is 0 Å². The van der Waals surface area contributed by atoms with Crippen LogP contribution in [0.1, 0.15) is 38.4 Å². The molecule has 29 heavy (non-hydrogen) atoms. The number of benzene rings is 1. The molecular formula is C21H20N4O3S. The van der Waals surface area contributed by atoms with Crippen molar-refractivity contribution >= 4 is 28.2 Å². The maximum Gasteiger partial charge on any atom is 0.342 e. The Bertz CT molecular complexity index is 1090. The molecule has 0 atom stereocenters. The lowest BCUT2D eigenvalue weighted by atomic mass is 10.1. The van der Waals surface area contributed by atoms with Gasteiger partial charge in [0.25, 0.3) is 5.91 Å². The molecule has 0 spiro atoms. The van der Waals surface area contributed by atoms with Crippen molar-refractivity contribution in [2.24, 2.45) is 0 Å². The first-order valence-electron chi connectivity index (χ1n) is 8.93. The summed E-state index contributed by atoms with van der Waals surface area (Å²) in [5, 5.41) is 18.1. The van der Waals surface area contributed by atoms with E-state index in [0.29, 0.717) is 34.1 Å². The van der Waals surface area contributed by atoms with Crippen molar-refractivity contribution in [1.29, 1.82) is 5.26 Å². The van der Waals surface area contributed by atoms with Gasteiger partial charge in [-0.15, -0.1) is 11.3 Å². The molecule has 0 saturated carbocycles. The largest absolute Gasteiger partial charge is 0.452 e. The number of carbonyl (C=O) groups excluding carboxylic acids is 2. The Hall–Kier alpha value is -3.44. The number of hydrogen-bond donors (Lipinski definition) is 1. The van der Waals surface area contributed by atoms with Gasteiger partial charge >= 0.3 is 5.97 Å². The second-order valence-corrected chi connectivity index (χ2v) is 7.50. The van der Waals surface area contributed by atoms with Gasteiger partial charge in [0.05, 0.1) is 23.5 Å². The number of aryl methyl sites for hydroxylation is 2. The zero-order valence-electron chi connectivity index (χ0n) is 16.4. The summed E-state index contributed by atoms with van der Waals surface area (Å²) < 4.78 is 6.92. The van der Waals surface area contributed by atoms with Gasteiger partial charge in [0.15, 0.2) is 6.61 Å². The van der Waals surface area contributed by atoms with Gasteiger partial charge in [-0.1, -0.05) is 29.8 Å². The number of nitrogens with one attached hydrogen (secondary N) is 1. The van der Waals surface area contributed by atoms with Crippen LogP contribution < -0.4 is 5.32 Å². The minimum atomic E-state index is -0.600. The van der Waals surface area contributed by atoms with Gasteiger partial charge in [-0.25, -0.2) is 4.79 Å². The summed E-state index contributed by atoms with van der Waals surface area (Å²) in [5.74, 6) is -1.10. The van der Waals surface area contributed by atoms with Crippen molar-refractivity contribution in [3.63, 3.8) is 0 Å². The van der Waals surface area contributed by atoms with E-state index in [9.17, 15) is 9.59 Å². The van der Waals surface area contributed by atoms with Crippen LogP contribution in [0.25, 0.3) is 0 Å². The number of rotatable bonds is 6. The molecule has 148 valence electrons. The van der Waals surface area contributed by atoms with Gasteiger partial charge in [-0.3, -0.25) is 9.48 Å². The fourth-order valence-corrected chi connectivity index (χ4v) is 3.63. The molecule has 0 unspecified atom stereocenters. The highest BCUT2D eigenvalue weighted by atomic mass is 32.1. The molecule has 0 bridgehead atoms. The number of aromatic nitrogens is 2. The van der Waals surface area contributed by atoms with Gasteiger partial charge in [0.2, 0.25) is 0 Å². The van der Waals surface area contributed by atoms with Crippen LogP contribution in [0.5, 0.6) is 0 Å². The fourth-order valence-electron chi connectivity index (χ4n) is 2.87. The van der Waals surface area contributed by atoms with Gasteiger partial charge in [-0.2, -0.15) is 10.4 Å². The molecule has 8 heteroatoms. The Morgan fingerprint density at radius 1 is 1.21 bits per heavy atom. The first-order valence-corrected chi connectivity index (χ1v) is 9.81. The first-order chi connectivity index (χ1) is 13.9. The van der Waals surface area contributed by atoms with E-state index in [0.717, 1.165) is 5.56 Å². The molecular weight excluding hydrogens is 388 g/mol. The molecule has 3 rings (SSSR count). The number of nitriles is 1. The van der Waals surface area contributed by atoms with Gasteiger partial charge in [-0.05, 0) is 37.8 Å². The zero-order valence-corrected chi connectivity index (χ0v) is 17.2. The number of thiophene rings is 1. The highest BCUT2D eigenvalue weighted by Crippen LogP contribution is 2.22. The Morgan fingerprint density at radius 3 is 2.62 bits per heavy atom. The van der Waals surface area contributed by atoms with Crippen LogP contribution in [0.2, 0.25) is 0 Å². The van der Waals surface area contributed by atoms with E-state index in [4.69, 9.17) is 10.00 Å². The van der Waals surface area contributed by atoms with E-state index >= 15 is 0 Å². The maximum atomic E-state index is 12.5. The molecule has 7 nitrogen and oxygen atoms in total. The third-order valence-corrected chi connectivity index (χ3v) is 5.24. The van der Waals surface area contributed by atoms with Crippen molar-refractivity contribution in [3.05, 3.63) is 69.4 Å². The summed E-state index contributed by atoms with van der Waals surface area (Å²) in [7, 11) is 0. The summed E-state index contributed by atoms with van der Waals surface area (Å²) in [6, 6.07) is 11.7. The normalized spacial score (nSPS) is 10.4. The second kappa shape index (κ2) is 8.71. The Labute approximate surface area is 172 Å². The van der Waals surface area contributed by atoms with Crippen molar-refractivity contribution < 1.29 is 14.3 Å². The predicted molar refractivity (Wildman–Crippen MR) is 110 cm³/mol. The summed E-state index contributed by atoms with van der Waals surface area (Å²) in [5.41, 5.74) is 4.21. The van der Waals surface area contributed by atoms with E-state index in [1.807, 2.05) is 37.3 Å². The van der Waals surface area contributed by atoms with Crippen LogP contribution in [-0.4, -0.2) is 28.3 Å². The molecule has 0 aliphatic carbocycles. The van der Waals surface area contributed by atoms with E-state index in [1.165, 1.54) is 16.9 Å². The number of esters is 1. The molecule has 0 aliphatic rings. The van der Waals surface area contributed by atoms with Crippen LogP contribution in [0.4, 0.5) is 5.00 Å². The smallest absolute Gasteiger partial charge is 0.342 e. The standard InChI is InChI=1S/C21H20N4O3S/c1-13-4-6-16(7-5-13)11-25-15(3)19(14(2)24-25)21(27)28-12-18(26)23-20-17(10-22)8-9-29-20/h4-9H,11-12H2,1-3H3,(H,23,26). The van der Waals surface area contributed by atoms with Crippen LogP contribution in [-0.2, 0) is 16.1 Å². The van der Waals surface area contributed by atoms with Crippen LogP contribution >= 0.6 is 11.3 Å². The van der Waals surface area contributed by atoms with Crippen LogP contribution in [0.15, 0.2) is 35.7 Å². The third kappa shape index (κ3) is 4.70. The molecule has 0 aliphatic heterocycles. The molecule has 0 radical (unpaired) electrons. The minimum absolute atomic E-state index is 0.360. The Balaban J connectivity index is 1.65. The van der Waals surface area contributed by atoms with Crippen molar-refractivity contribution in [2.75, 3.05) is 11.9 Å². The minimum Gasteiger partial charge on any atom is -0.452 e. The van der Waals surface area contributed by atoms with E-state index in [1.54, 1.807) is 30.0 Å². The van der Waals surface area contributed by atoms with Gasteiger partial charge < -0.3 is 10.1 Å². The molecule has 2 heterocycles. The molecule has 2 aromatic heterocycles. The topological polar surface area (TPSA) is 97.0 Å². The zero-order chi connectivity index (χ0) is 21.0. The highest BCUT2D eigenvalue weighted by molar-refractivity contribution is 7.14. The lowest BCUT2D eigenvalue weighted by molar-refractivity contribution is -0.119. The van der Waals surface area contributed by atoms with Crippen molar-refractivity contribution in [3.8, 4) is 6.07 Å². The lowest BCUT2D eigenvalue weighted by Crippen LogP contribution is -2.21. The number of carbonyl (C=O) groups is 2. The number of nitrogens with zero attached hydrogens (tertiary/aromatic N) is 3. The highest BCUT2D eigenvalue weighted by Gasteiger charge is 2.21. The summed E-state index contributed by atoms with van der Waals surface area (Å²) in [6.45, 7) is 5.66. The van der Waals surface area contributed by atoms with Gasteiger partial charge in [0.1, 0.15) is 16.6 Å². The SMILES string of the molecule is Cc1ccc(Cn2nc(C)c(C(=O)OCC(=O)Nc3sccc3C#N)c2C)cc1. The van der Waals surface area contributed by atoms with Crippen LogP contribution in [0, 0.1) is 32.1 Å². The molecule has 1 amide bonds. The molecule has 0 fully saturated rings. The van der Waals surface area contributed by atoms with Gasteiger partial charge in [0, 0.05) is 0 Å². The van der Waals surface area contributed by atoms with Crippen molar-refractivity contribution in [1.82, 2.24) is 9.78 Å². The molecule has 1 N–H and O–H groups in total. The molecule has 3 aromatic rings. The quantitative estimate of drug-likeness (QED) is 0.629. The van der Waals surface area contributed by atoms with Crippen LogP contribution in [0.3, 0.4) is 0 Å². The number of hydrogen-bond acceptors (Lipinski definition) is 6. The maximum absolute atomic E-state index is 12.5. The molecule has 0 saturated heterocycles. The van der Waals surface area contributed by atoms with E-state index < -0.39 is 18.5 Å². The predicted octanol–water partition coefficient (Wildman–Crippen LogP) is 3.59. The monoisotopic (exact) mass is 408 g/mol. The number of amides is 1. The lowest BCUT2D eigenvalue weighted by Gasteiger charge is -2.07. The number of anilines is 1. The molecule has 1 aromatic carbocycles. The fraction of sp³-hybridized carbons (Fsp3) is 0.238. The number of ether oxygens (including phenoxy) is 1. The average molecular weight is 408 g/mol. The third-order valence-electron chi connectivity index (χ3n) is 4.41. The summed E-state index contributed by atoms with van der Waals surface area (Å²) in [4.78, 5) is 24.6. The summed E-state index contributed by atoms with van der Waals surface area (Å²) >= 11 is 1.23. The van der Waals surface area contributed by atoms with Crippen molar-refractivity contribution in [2.45, 2.75) is 27.3 Å². The second-order valence-electron chi connectivity index (χ2n) is 6.59. The van der Waals surface area contributed by atoms with E-state index in [2.05, 4.69) is 10.4 Å². The summed E-state index contributed by atoms with van der Waals surface area (Å²) in [6.07, 6.45) is 0. The first kappa shape index (κ1) is 20.3. The Morgan fingerprint density at radius 2 is 1.93 bits per heavy atom. The average Bonchev–Trinajstić information content (AvgIpc) is 3.25.